The van der Waals surface area contributed by atoms with E-state index in [0.29, 0.717) is 18.2 Å². The molecule has 0 saturated heterocycles. The first-order valence-electron chi connectivity index (χ1n) is 4.49. The van der Waals surface area contributed by atoms with Gasteiger partial charge in [-0.1, -0.05) is 0 Å². The van der Waals surface area contributed by atoms with Crippen molar-refractivity contribution >= 4 is 11.6 Å². The van der Waals surface area contributed by atoms with Crippen LogP contribution in [0.1, 0.15) is 17.1 Å². The average molecular weight is 224 g/mol. The van der Waals surface area contributed by atoms with Gasteiger partial charge in [0.25, 0.3) is 0 Å². The van der Waals surface area contributed by atoms with Crippen LogP contribution in [-0.4, -0.2) is 24.7 Å². The van der Waals surface area contributed by atoms with E-state index in [1.54, 1.807) is 17.2 Å². The van der Waals surface area contributed by atoms with E-state index >= 15 is 0 Å². The highest BCUT2D eigenvalue weighted by molar-refractivity contribution is 6.16. The summed E-state index contributed by atoms with van der Waals surface area (Å²) in [7, 11) is 0. The number of hydrogen-bond donors (Lipinski definition) is 0. The van der Waals surface area contributed by atoms with E-state index in [1.165, 1.54) is 6.33 Å². The lowest BCUT2D eigenvalue weighted by molar-refractivity contribution is 0.649. The molecule has 0 unspecified atom stereocenters. The topological polar surface area (TPSA) is 56.5 Å². The zero-order chi connectivity index (χ0) is 10.7. The van der Waals surface area contributed by atoms with E-state index in [0.717, 1.165) is 11.3 Å². The minimum Gasteiger partial charge on any atom is -0.245 e. The van der Waals surface area contributed by atoms with Crippen molar-refractivity contribution in [2.75, 3.05) is 0 Å². The van der Waals surface area contributed by atoms with Crippen LogP contribution in [0.5, 0.6) is 0 Å². The molecular formula is C9H10ClN5. The Morgan fingerprint density at radius 2 is 2.33 bits per heavy atom. The SMILES string of the molecule is Cc1cnc(Cn2cncn2)nc1CCl. The summed E-state index contributed by atoms with van der Waals surface area (Å²) < 4.78 is 1.67. The summed E-state index contributed by atoms with van der Waals surface area (Å²) in [6.07, 6.45) is 4.89. The van der Waals surface area contributed by atoms with Gasteiger partial charge in [-0.3, -0.25) is 0 Å². The fraction of sp³-hybridized carbons (Fsp3) is 0.333. The molecule has 0 fully saturated rings. The second-order valence-electron chi connectivity index (χ2n) is 3.14. The van der Waals surface area contributed by atoms with Crippen LogP contribution >= 0.6 is 11.6 Å². The molecule has 6 heteroatoms. The Bertz CT molecular complexity index is 440. The van der Waals surface area contributed by atoms with Crippen LogP contribution in [0, 0.1) is 6.92 Å². The molecule has 0 aliphatic heterocycles. The smallest absolute Gasteiger partial charge is 0.150 e. The van der Waals surface area contributed by atoms with Crippen LogP contribution in [0.25, 0.3) is 0 Å². The van der Waals surface area contributed by atoms with Crippen molar-refractivity contribution in [3.05, 3.63) is 35.9 Å². The standard InChI is InChI=1S/C9H10ClN5/c1-7-3-12-9(14-8(7)2-10)4-15-6-11-5-13-15/h3,5-6H,2,4H2,1H3. The van der Waals surface area contributed by atoms with Crippen molar-refractivity contribution in [3.8, 4) is 0 Å². The molecule has 0 bridgehead atoms. The van der Waals surface area contributed by atoms with Crippen molar-refractivity contribution in [2.45, 2.75) is 19.3 Å². The predicted molar refractivity (Wildman–Crippen MR) is 55.5 cm³/mol. The molecule has 0 radical (unpaired) electrons. The first-order valence-corrected chi connectivity index (χ1v) is 5.03. The summed E-state index contributed by atoms with van der Waals surface area (Å²) in [6, 6.07) is 0. The van der Waals surface area contributed by atoms with Gasteiger partial charge >= 0.3 is 0 Å². The summed E-state index contributed by atoms with van der Waals surface area (Å²) in [5, 5.41) is 3.98. The lowest BCUT2D eigenvalue weighted by atomic mass is 10.3. The number of hydrogen-bond acceptors (Lipinski definition) is 4. The lowest BCUT2D eigenvalue weighted by Gasteiger charge is -2.04. The van der Waals surface area contributed by atoms with E-state index in [-0.39, 0.29) is 0 Å². The average Bonchev–Trinajstić information content (AvgIpc) is 2.73. The molecule has 2 heterocycles. The lowest BCUT2D eigenvalue weighted by Crippen LogP contribution is -2.07. The number of aryl methyl sites for hydroxylation is 1. The molecule has 15 heavy (non-hydrogen) atoms. The van der Waals surface area contributed by atoms with Gasteiger partial charge in [-0.2, -0.15) is 5.10 Å². The maximum absolute atomic E-state index is 5.76. The predicted octanol–water partition coefficient (Wildman–Crippen LogP) is 1.16. The van der Waals surface area contributed by atoms with Gasteiger partial charge in [0.2, 0.25) is 0 Å². The molecule has 2 aromatic heterocycles. The van der Waals surface area contributed by atoms with Crippen LogP contribution in [0.3, 0.4) is 0 Å². The molecule has 78 valence electrons. The van der Waals surface area contributed by atoms with Crippen LogP contribution in [0.4, 0.5) is 0 Å². The third kappa shape index (κ3) is 2.30. The Morgan fingerprint density at radius 3 is 3.00 bits per heavy atom. The van der Waals surface area contributed by atoms with E-state index in [4.69, 9.17) is 11.6 Å². The fourth-order valence-corrected chi connectivity index (χ4v) is 1.46. The van der Waals surface area contributed by atoms with Crippen molar-refractivity contribution in [3.63, 3.8) is 0 Å². The highest BCUT2D eigenvalue weighted by atomic mass is 35.5. The molecule has 0 atom stereocenters. The van der Waals surface area contributed by atoms with Crippen LogP contribution < -0.4 is 0 Å². The molecule has 2 aromatic rings. The van der Waals surface area contributed by atoms with Gasteiger partial charge in [0.15, 0.2) is 0 Å². The molecule has 5 nitrogen and oxygen atoms in total. The Balaban J connectivity index is 2.22. The van der Waals surface area contributed by atoms with Gasteiger partial charge < -0.3 is 0 Å². The van der Waals surface area contributed by atoms with E-state index in [1.807, 2.05) is 6.92 Å². The largest absolute Gasteiger partial charge is 0.245 e. The highest BCUT2D eigenvalue weighted by Crippen LogP contribution is 2.07. The number of halogens is 1. The van der Waals surface area contributed by atoms with Crippen LogP contribution in [0.2, 0.25) is 0 Å². The summed E-state index contributed by atoms with van der Waals surface area (Å²) in [6.45, 7) is 2.46. The molecule has 0 aliphatic carbocycles. The van der Waals surface area contributed by atoms with Gasteiger partial charge in [0, 0.05) is 6.20 Å². The molecule has 0 amide bonds. The first kappa shape index (κ1) is 10.0. The molecule has 0 N–H and O–H groups in total. The molecule has 0 aliphatic rings. The quantitative estimate of drug-likeness (QED) is 0.733. The Kier molecular flexibility index (Phi) is 2.91. The van der Waals surface area contributed by atoms with E-state index in [2.05, 4.69) is 20.1 Å². The van der Waals surface area contributed by atoms with Crippen LogP contribution in [0.15, 0.2) is 18.9 Å². The Labute approximate surface area is 92.2 Å². The van der Waals surface area contributed by atoms with Crippen molar-refractivity contribution in [1.29, 1.82) is 0 Å². The summed E-state index contributed by atoms with van der Waals surface area (Å²) in [4.78, 5) is 12.4. The monoisotopic (exact) mass is 223 g/mol. The third-order valence-electron chi connectivity index (χ3n) is 2.02. The molecule has 0 saturated carbocycles. The zero-order valence-electron chi connectivity index (χ0n) is 8.26. The van der Waals surface area contributed by atoms with Crippen molar-refractivity contribution in [2.24, 2.45) is 0 Å². The van der Waals surface area contributed by atoms with Gasteiger partial charge in [0.05, 0.1) is 11.6 Å². The van der Waals surface area contributed by atoms with Gasteiger partial charge in [-0.15, -0.1) is 11.6 Å². The third-order valence-corrected chi connectivity index (χ3v) is 2.28. The molecular weight excluding hydrogens is 214 g/mol. The second kappa shape index (κ2) is 4.35. The second-order valence-corrected chi connectivity index (χ2v) is 3.41. The maximum atomic E-state index is 5.76. The summed E-state index contributed by atoms with van der Waals surface area (Å²) >= 11 is 5.76. The normalized spacial score (nSPS) is 10.5. The van der Waals surface area contributed by atoms with Crippen LogP contribution in [-0.2, 0) is 12.4 Å². The van der Waals surface area contributed by atoms with Gasteiger partial charge in [-0.05, 0) is 12.5 Å². The van der Waals surface area contributed by atoms with Gasteiger partial charge in [0.1, 0.15) is 25.0 Å². The van der Waals surface area contributed by atoms with Crippen molar-refractivity contribution in [1.82, 2.24) is 24.7 Å². The van der Waals surface area contributed by atoms with E-state index < -0.39 is 0 Å². The highest BCUT2D eigenvalue weighted by Gasteiger charge is 2.03. The number of aromatic nitrogens is 5. The minimum atomic E-state index is 0.401. The van der Waals surface area contributed by atoms with Gasteiger partial charge in [-0.25, -0.2) is 19.6 Å². The van der Waals surface area contributed by atoms with E-state index in [9.17, 15) is 0 Å². The zero-order valence-corrected chi connectivity index (χ0v) is 9.02. The van der Waals surface area contributed by atoms with Crippen molar-refractivity contribution < 1.29 is 0 Å². The summed E-state index contributed by atoms with van der Waals surface area (Å²) in [5.41, 5.74) is 1.87. The molecule has 0 aromatic carbocycles. The number of nitrogens with zero attached hydrogens (tertiary/aromatic N) is 5. The number of rotatable bonds is 3. The Hall–Kier alpha value is -1.49. The maximum Gasteiger partial charge on any atom is 0.150 e. The first-order chi connectivity index (χ1) is 7.29. The number of alkyl halides is 1. The minimum absolute atomic E-state index is 0.401. The Morgan fingerprint density at radius 1 is 1.47 bits per heavy atom. The molecule has 2 rings (SSSR count). The summed E-state index contributed by atoms with van der Waals surface area (Å²) in [5.74, 6) is 1.10. The molecule has 0 spiro atoms. The fourth-order valence-electron chi connectivity index (χ4n) is 1.19.